The molecule has 0 bridgehead atoms. The van der Waals surface area contributed by atoms with Gasteiger partial charge < -0.3 is 9.32 Å². The molecule has 150 valence electrons. The highest BCUT2D eigenvalue weighted by Crippen LogP contribution is 2.28. The Balaban J connectivity index is 1.68. The highest BCUT2D eigenvalue weighted by molar-refractivity contribution is 5.94. The van der Waals surface area contributed by atoms with Gasteiger partial charge in [-0.05, 0) is 37.6 Å². The molecule has 7 nitrogen and oxygen atoms in total. The molecule has 0 N–H and O–H groups in total. The maximum Gasteiger partial charge on any atom is 0.268 e. The molecule has 0 saturated heterocycles. The first-order valence-electron chi connectivity index (χ1n) is 9.49. The SMILES string of the molecule is Cc1ccccc1-c1nnc(-c2nc(-c3ccc(C(=O)N(C)C)cc3)cnc2C)o1. The summed E-state index contributed by atoms with van der Waals surface area (Å²) in [6, 6.07) is 15.1. The van der Waals surface area contributed by atoms with Gasteiger partial charge in [0, 0.05) is 30.8 Å². The summed E-state index contributed by atoms with van der Waals surface area (Å²) in [5.74, 6) is 0.715. The van der Waals surface area contributed by atoms with E-state index in [0.717, 1.165) is 16.7 Å². The van der Waals surface area contributed by atoms with Gasteiger partial charge >= 0.3 is 0 Å². The van der Waals surface area contributed by atoms with Gasteiger partial charge in [-0.1, -0.05) is 30.3 Å². The van der Waals surface area contributed by atoms with E-state index < -0.39 is 0 Å². The van der Waals surface area contributed by atoms with Crippen molar-refractivity contribution in [1.29, 1.82) is 0 Å². The lowest BCUT2D eigenvalue weighted by Crippen LogP contribution is -2.21. The van der Waals surface area contributed by atoms with E-state index in [1.807, 2.05) is 50.2 Å². The average Bonchev–Trinajstić information content (AvgIpc) is 3.23. The maximum absolute atomic E-state index is 12.1. The topological polar surface area (TPSA) is 85.0 Å². The number of hydrogen-bond acceptors (Lipinski definition) is 6. The van der Waals surface area contributed by atoms with Crippen molar-refractivity contribution in [3.63, 3.8) is 0 Å². The summed E-state index contributed by atoms with van der Waals surface area (Å²) < 4.78 is 5.91. The second-order valence-corrected chi connectivity index (χ2v) is 7.19. The normalized spacial score (nSPS) is 10.8. The van der Waals surface area contributed by atoms with Crippen LogP contribution < -0.4 is 0 Å². The number of aromatic nitrogens is 4. The van der Waals surface area contributed by atoms with E-state index in [0.29, 0.717) is 34.4 Å². The number of aryl methyl sites for hydroxylation is 2. The molecule has 30 heavy (non-hydrogen) atoms. The molecule has 0 radical (unpaired) electrons. The van der Waals surface area contributed by atoms with Crippen LogP contribution in [0.1, 0.15) is 21.6 Å². The Morgan fingerprint density at radius 3 is 2.33 bits per heavy atom. The van der Waals surface area contributed by atoms with Crippen molar-refractivity contribution in [3.8, 4) is 34.3 Å². The molecular formula is C23H21N5O2. The van der Waals surface area contributed by atoms with Crippen LogP contribution in [-0.4, -0.2) is 45.1 Å². The summed E-state index contributed by atoms with van der Waals surface area (Å²) in [5.41, 5.74) is 5.29. The fourth-order valence-corrected chi connectivity index (χ4v) is 3.07. The molecule has 4 rings (SSSR count). The lowest BCUT2D eigenvalue weighted by atomic mass is 10.1. The third kappa shape index (κ3) is 3.69. The predicted octanol–water partition coefficient (Wildman–Crippen LogP) is 4.18. The third-order valence-electron chi connectivity index (χ3n) is 4.79. The molecule has 0 unspecified atom stereocenters. The van der Waals surface area contributed by atoms with Gasteiger partial charge in [0.15, 0.2) is 0 Å². The molecular weight excluding hydrogens is 378 g/mol. The Morgan fingerprint density at radius 1 is 0.933 bits per heavy atom. The molecule has 0 fully saturated rings. The molecule has 2 aromatic carbocycles. The van der Waals surface area contributed by atoms with Crippen molar-refractivity contribution in [2.24, 2.45) is 0 Å². The standard InChI is InChI=1S/C23H21N5O2/c1-14-7-5-6-8-18(14)21-26-27-22(30-21)20-15(2)24-13-19(25-20)16-9-11-17(12-10-16)23(29)28(3)4/h5-13H,1-4H3. The Hall–Kier alpha value is -3.87. The van der Waals surface area contributed by atoms with E-state index in [-0.39, 0.29) is 5.91 Å². The quantitative estimate of drug-likeness (QED) is 0.512. The summed E-state index contributed by atoms with van der Waals surface area (Å²) in [6.07, 6.45) is 1.69. The molecule has 4 aromatic rings. The van der Waals surface area contributed by atoms with Gasteiger partial charge in [0.2, 0.25) is 5.89 Å². The Bertz CT molecular complexity index is 1210. The van der Waals surface area contributed by atoms with Crippen LogP contribution in [0.15, 0.2) is 59.1 Å². The smallest absolute Gasteiger partial charge is 0.268 e. The van der Waals surface area contributed by atoms with Gasteiger partial charge in [-0.15, -0.1) is 10.2 Å². The molecule has 0 saturated carbocycles. The lowest BCUT2D eigenvalue weighted by Gasteiger charge is -2.10. The number of hydrogen-bond donors (Lipinski definition) is 0. The van der Waals surface area contributed by atoms with Crippen molar-refractivity contribution < 1.29 is 9.21 Å². The van der Waals surface area contributed by atoms with Crippen molar-refractivity contribution in [2.75, 3.05) is 14.1 Å². The number of carbonyl (C=O) groups excluding carboxylic acids is 1. The lowest BCUT2D eigenvalue weighted by molar-refractivity contribution is 0.0827. The Kier molecular flexibility index (Phi) is 5.10. The average molecular weight is 399 g/mol. The van der Waals surface area contributed by atoms with Gasteiger partial charge in [-0.25, -0.2) is 4.98 Å². The molecule has 2 heterocycles. The zero-order chi connectivity index (χ0) is 21.3. The van der Waals surface area contributed by atoms with Crippen molar-refractivity contribution in [1.82, 2.24) is 25.1 Å². The van der Waals surface area contributed by atoms with Crippen LogP contribution in [0.5, 0.6) is 0 Å². The van der Waals surface area contributed by atoms with E-state index in [4.69, 9.17) is 9.40 Å². The van der Waals surface area contributed by atoms with Crippen LogP contribution in [0.3, 0.4) is 0 Å². The van der Waals surface area contributed by atoms with Crippen LogP contribution >= 0.6 is 0 Å². The van der Waals surface area contributed by atoms with Crippen LogP contribution in [0, 0.1) is 13.8 Å². The summed E-state index contributed by atoms with van der Waals surface area (Å²) >= 11 is 0. The first-order valence-corrected chi connectivity index (χ1v) is 9.49. The summed E-state index contributed by atoms with van der Waals surface area (Å²) in [6.45, 7) is 3.85. The van der Waals surface area contributed by atoms with Crippen LogP contribution in [0.2, 0.25) is 0 Å². The highest BCUT2D eigenvalue weighted by Gasteiger charge is 2.17. The summed E-state index contributed by atoms with van der Waals surface area (Å²) in [4.78, 5) is 22.8. The van der Waals surface area contributed by atoms with E-state index in [1.165, 1.54) is 0 Å². The van der Waals surface area contributed by atoms with Crippen LogP contribution in [-0.2, 0) is 0 Å². The Labute approximate surface area is 174 Å². The molecule has 7 heteroatoms. The molecule has 0 spiro atoms. The van der Waals surface area contributed by atoms with Gasteiger partial charge in [0.1, 0.15) is 5.69 Å². The Morgan fingerprint density at radius 2 is 1.63 bits per heavy atom. The first kappa shape index (κ1) is 19.4. The van der Waals surface area contributed by atoms with Crippen molar-refractivity contribution >= 4 is 5.91 Å². The largest absolute Gasteiger partial charge is 0.415 e. The molecule has 0 atom stereocenters. The zero-order valence-corrected chi connectivity index (χ0v) is 17.2. The predicted molar refractivity (Wildman–Crippen MR) is 114 cm³/mol. The minimum absolute atomic E-state index is 0.0492. The summed E-state index contributed by atoms with van der Waals surface area (Å²) in [5, 5.41) is 8.38. The van der Waals surface area contributed by atoms with Gasteiger partial charge in [0.25, 0.3) is 11.8 Å². The molecule has 0 aliphatic carbocycles. The number of nitrogens with zero attached hydrogens (tertiary/aromatic N) is 5. The minimum Gasteiger partial charge on any atom is -0.415 e. The van der Waals surface area contributed by atoms with Crippen molar-refractivity contribution in [2.45, 2.75) is 13.8 Å². The second kappa shape index (κ2) is 7.87. The fourth-order valence-electron chi connectivity index (χ4n) is 3.07. The van der Waals surface area contributed by atoms with Gasteiger partial charge in [0.05, 0.1) is 17.6 Å². The fraction of sp³-hybridized carbons (Fsp3) is 0.174. The van der Waals surface area contributed by atoms with Crippen molar-refractivity contribution in [3.05, 3.63) is 71.5 Å². The summed E-state index contributed by atoms with van der Waals surface area (Å²) in [7, 11) is 3.45. The second-order valence-electron chi connectivity index (χ2n) is 7.19. The maximum atomic E-state index is 12.1. The highest BCUT2D eigenvalue weighted by atomic mass is 16.4. The van der Waals surface area contributed by atoms with Crippen LogP contribution in [0.4, 0.5) is 0 Å². The monoisotopic (exact) mass is 399 g/mol. The molecule has 2 aromatic heterocycles. The molecule has 0 aliphatic rings. The first-order chi connectivity index (χ1) is 14.4. The zero-order valence-electron chi connectivity index (χ0n) is 17.2. The number of rotatable bonds is 4. The van der Waals surface area contributed by atoms with E-state index in [9.17, 15) is 4.79 Å². The minimum atomic E-state index is -0.0492. The van der Waals surface area contributed by atoms with E-state index >= 15 is 0 Å². The van der Waals surface area contributed by atoms with Gasteiger partial charge in [-0.3, -0.25) is 9.78 Å². The molecule has 0 aliphatic heterocycles. The number of carbonyl (C=O) groups is 1. The third-order valence-corrected chi connectivity index (χ3v) is 4.79. The number of benzene rings is 2. The van der Waals surface area contributed by atoms with Gasteiger partial charge in [-0.2, -0.15) is 0 Å². The number of amides is 1. The van der Waals surface area contributed by atoms with E-state index in [2.05, 4.69) is 15.2 Å². The van der Waals surface area contributed by atoms with Crippen LogP contribution in [0.25, 0.3) is 34.3 Å². The molecule has 1 amide bonds. The van der Waals surface area contributed by atoms with E-state index in [1.54, 1.807) is 37.3 Å².